The monoisotopic (exact) mass is 540 g/mol. The molecule has 0 aromatic heterocycles. The van der Waals surface area contributed by atoms with Crippen LogP contribution in [-0.4, -0.2) is 87.6 Å². The molecule has 8 nitrogen and oxygen atoms in total. The third kappa shape index (κ3) is 7.77. The molecule has 2 unspecified atom stereocenters. The number of hydrogen-bond donors (Lipinski definition) is 2. The van der Waals surface area contributed by atoms with Crippen molar-refractivity contribution in [1.29, 1.82) is 0 Å². The van der Waals surface area contributed by atoms with E-state index >= 15 is 0 Å². The van der Waals surface area contributed by atoms with E-state index in [9.17, 15) is 9.59 Å². The van der Waals surface area contributed by atoms with Crippen molar-refractivity contribution in [3.05, 3.63) is 0 Å². The highest BCUT2D eigenvalue weighted by atomic mass is 16.5. The van der Waals surface area contributed by atoms with E-state index in [1.54, 1.807) is 7.11 Å². The highest BCUT2D eigenvalue weighted by molar-refractivity contribution is 5.75. The van der Waals surface area contributed by atoms with Gasteiger partial charge in [-0.05, 0) is 69.6 Å². The van der Waals surface area contributed by atoms with Crippen LogP contribution in [0.3, 0.4) is 0 Å². The van der Waals surface area contributed by atoms with Crippen LogP contribution in [0.15, 0.2) is 0 Å². The van der Waals surface area contributed by atoms with E-state index in [0.717, 1.165) is 77.4 Å². The molecule has 224 valence electrons. The number of carbonyl (C=O) groups excluding carboxylic acids is 2. The maximum absolute atomic E-state index is 12.2. The number of ether oxygens (including phenoxy) is 2. The highest BCUT2D eigenvalue weighted by Gasteiger charge is 2.60. The molecule has 2 saturated heterocycles. The van der Waals surface area contributed by atoms with E-state index in [1.165, 1.54) is 32.1 Å². The zero-order chi connectivity index (χ0) is 27.8. The van der Waals surface area contributed by atoms with E-state index in [0.29, 0.717) is 23.5 Å². The minimum atomic E-state index is 0. The molecule has 2 atom stereocenters. The average Bonchev–Trinajstić information content (AvgIpc) is 2.82. The van der Waals surface area contributed by atoms with Crippen LogP contribution in [0.4, 0.5) is 9.59 Å². The maximum atomic E-state index is 12.2. The van der Waals surface area contributed by atoms with Crippen molar-refractivity contribution in [3.8, 4) is 0 Å². The molecule has 0 bridgehead atoms. The summed E-state index contributed by atoms with van der Waals surface area (Å²) >= 11 is 0. The molecule has 0 aromatic carbocycles. The Balaban J connectivity index is 0.000000383. The van der Waals surface area contributed by atoms with Crippen molar-refractivity contribution < 1.29 is 21.9 Å². The largest absolute Gasteiger partial charge is 0.381 e. The van der Waals surface area contributed by atoms with Crippen LogP contribution in [0.1, 0.15) is 94.8 Å². The van der Waals surface area contributed by atoms with Gasteiger partial charge in [-0.25, -0.2) is 9.59 Å². The van der Waals surface area contributed by atoms with Crippen LogP contribution in [0.25, 0.3) is 0 Å². The van der Waals surface area contributed by atoms with Crippen molar-refractivity contribution in [2.45, 2.75) is 104 Å². The van der Waals surface area contributed by atoms with Gasteiger partial charge in [0.1, 0.15) is 0 Å². The summed E-state index contributed by atoms with van der Waals surface area (Å²) in [7, 11) is 3.74. The molecule has 0 aromatic rings. The fourth-order valence-corrected chi connectivity index (χ4v) is 6.66. The second-order valence-electron chi connectivity index (χ2n) is 13.2. The first kappa shape index (κ1) is 31.0. The van der Waals surface area contributed by atoms with Gasteiger partial charge in [0, 0.05) is 73.3 Å². The Kier molecular flexibility index (Phi) is 11.6. The number of rotatable bonds is 10. The van der Waals surface area contributed by atoms with Gasteiger partial charge >= 0.3 is 12.1 Å². The molecule has 2 saturated carbocycles. The Morgan fingerprint density at radius 2 is 1.58 bits per heavy atom. The average molecular weight is 541 g/mol. The van der Waals surface area contributed by atoms with Crippen LogP contribution in [-0.2, 0) is 9.47 Å². The van der Waals surface area contributed by atoms with E-state index < -0.39 is 0 Å². The van der Waals surface area contributed by atoms with Gasteiger partial charge in [-0.15, -0.1) is 0 Å². The normalized spacial score (nSPS) is 24.7. The molecule has 4 rings (SSSR count). The van der Waals surface area contributed by atoms with Crippen molar-refractivity contribution in [2.24, 2.45) is 22.7 Å². The predicted octanol–water partition coefficient (Wildman–Crippen LogP) is 5.76. The maximum Gasteiger partial charge on any atom is 0.317 e. The molecule has 4 amide bonds. The molecule has 8 heteroatoms. The summed E-state index contributed by atoms with van der Waals surface area (Å²) in [5.41, 5.74) is 0.645. The summed E-state index contributed by atoms with van der Waals surface area (Å²) in [4.78, 5) is 28.0. The Hall–Kier alpha value is -1.54. The number of hydrogen-bond acceptors (Lipinski definition) is 4. The van der Waals surface area contributed by atoms with E-state index in [-0.39, 0.29) is 20.3 Å². The van der Waals surface area contributed by atoms with Gasteiger partial charge in [0.05, 0.1) is 6.10 Å². The van der Waals surface area contributed by atoms with Gasteiger partial charge in [0.15, 0.2) is 0 Å². The predicted molar refractivity (Wildman–Crippen MR) is 156 cm³/mol. The first-order valence-electron chi connectivity index (χ1n) is 15.3. The van der Waals surface area contributed by atoms with Gasteiger partial charge in [-0.2, -0.15) is 0 Å². The quantitative estimate of drug-likeness (QED) is 0.345. The fraction of sp³-hybridized carbons (Fsp3) is 0.933. The summed E-state index contributed by atoms with van der Waals surface area (Å²) < 4.78 is 10.9. The topological polar surface area (TPSA) is 83.1 Å². The molecule has 4 aliphatic rings. The Bertz CT molecular complexity index is 752. The smallest absolute Gasteiger partial charge is 0.317 e. The SMILES string of the molecule is CC(C)CCCNC(=O)N1CC2(CCOCC2)C1.COC1CC(N(C)C(=O)NCCCC(C)C)C12CCC2.[HH].[HH]. The van der Waals surface area contributed by atoms with Crippen molar-refractivity contribution in [1.82, 2.24) is 20.4 Å². The van der Waals surface area contributed by atoms with Crippen LogP contribution in [0, 0.1) is 22.7 Å². The summed E-state index contributed by atoms with van der Waals surface area (Å²) in [6, 6.07) is 0.571. The summed E-state index contributed by atoms with van der Waals surface area (Å²) in [6.45, 7) is 14.0. The molecule has 2 aliphatic heterocycles. The van der Waals surface area contributed by atoms with Crippen molar-refractivity contribution >= 4 is 12.1 Å². The number of urea groups is 2. The minimum Gasteiger partial charge on any atom is -0.381 e. The Morgan fingerprint density at radius 1 is 1.00 bits per heavy atom. The molecule has 38 heavy (non-hydrogen) atoms. The minimum absolute atomic E-state index is 0. The number of methoxy groups -OCH3 is 1. The standard InChI is InChI=1S/C16H30N2O2.C14H26N2O2.2H2/c1-12(2)7-5-10-17-15(19)18(3)13-11-14(20-4)16(13)8-6-9-16;1-12(2)4-3-7-15-13(17)16-10-14(11-16)5-8-18-9-6-14;;/h12-14H,5-11H2,1-4H3,(H,17,19);12H,3-11H2,1-2H3,(H,15,17);2*1H. The molecule has 4 fully saturated rings. The van der Waals surface area contributed by atoms with E-state index in [1.807, 2.05) is 16.8 Å². The van der Waals surface area contributed by atoms with Crippen molar-refractivity contribution in [3.63, 3.8) is 0 Å². The second-order valence-corrected chi connectivity index (χ2v) is 13.2. The van der Waals surface area contributed by atoms with Gasteiger partial charge in [0.25, 0.3) is 0 Å². The van der Waals surface area contributed by atoms with Crippen LogP contribution in [0.2, 0.25) is 0 Å². The van der Waals surface area contributed by atoms with Crippen LogP contribution < -0.4 is 10.6 Å². The Labute approximate surface area is 234 Å². The van der Waals surface area contributed by atoms with Crippen molar-refractivity contribution in [2.75, 3.05) is 53.6 Å². The summed E-state index contributed by atoms with van der Waals surface area (Å²) in [5, 5.41) is 6.07. The summed E-state index contributed by atoms with van der Waals surface area (Å²) in [6.07, 6.45) is 11.8. The molecule has 0 radical (unpaired) electrons. The third-order valence-corrected chi connectivity index (χ3v) is 9.46. The van der Waals surface area contributed by atoms with Gasteiger partial charge in [0.2, 0.25) is 0 Å². The van der Waals surface area contributed by atoms with Crippen LogP contribution in [0.5, 0.6) is 0 Å². The lowest BCUT2D eigenvalue weighted by Crippen LogP contribution is -2.68. The zero-order valence-corrected chi connectivity index (χ0v) is 25.2. The zero-order valence-electron chi connectivity index (χ0n) is 25.2. The first-order chi connectivity index (χ1) is 18.1. The number of nitrogens with one attached hydrogen (secondary N) is 2. The molecular formula is C30H60N4O4. The summed E-state index contributed by atoms with van der Waals surface area (Å²) in [5.74, 6) is 1.42. The lowest BCUT2D eigenvalue weighted by molar-refractivity contribution is -0.182. The molecule has 2 heterocycles. The Morgan fingerprint density at radius 3 is 2.08 bits per heavy atom. The number of carbonyl (C=O) groups is 2. The molecular weight excluding hydrogens is 480 g/mol. The van der Waals surface area contributed by atoms with E-state index in [2.05, 4.69) is 38.3 Å². The van der Waals surface area contributed by atoms with Gasteiger partial charge in [-0.3, -0.25) is 0 Å². The lowest BCUT2D eigenvalue weighted by Gasteiger charge is -2.62. The van der Waals surface area contributed by atoms with E-state index in [4.69, 9.17) is 9.47 Å². The number of nitrogens with zero attached hydrogens (tertiary/aromatic N) is 2. The first-order valence-corrected chi connectivity index (χ1v) is 15.3. The highest BCUT2D eigenvalue weighted by Crippen LogP contribution is 2.58. The number of likely N-dealkylation sites (tertiary alicyclic amines) is 1. The van der Waals surface area contributed by atoms with Crippen LogP contribution >= 0.6 is 0 Å². The third-order valence-electron chi connectivity index (χ3n) is 9.46. The number of amides is 4. The second kappa shape index (κ2) is 14.2. The fourth-order valence-electron chi connectivity index (χ4n) is 6.66. The molecule has 2 aliphatic carbocycles. The molecule has 2 N–H and O–H groups in total. The lowest BCUT2D eigenvalue weighted by atomic mass is 9.50. The molecule has 2 spiro atoms. The van der Waals surface area contributed by atoms with Gasteiger partial charge < -0.3 is 29.9 Å². The van der Waals surface area contributed by atoms with Gasteiger partial charge in [-0.1, -0.05) is 34.1 Å².